The number of carbonyl (C=O) groups is 2. The molecule has 0 radical (unpaired) electrons. The van der Waals surface area contributed by atoms with Crippen LogP contribution in [-0.2, 0) is 24.3 Å². The summed E-state index contributed by atoms with van der Waals surface area (Å²) in [5, 5.41) is 3.67. The largest absolute Gasteiger partial charge is 0.494 e. The summed E-state index contributed by atoms with van der Waals surface area (Å²) in [6, 6.07) is 22.5. The van der Waals surface area contributed by atoms with E-state index in [0.717, 1.165) is 22.4 Å². The molecule has 33 heavy (non-hydrogen) atoms. The van der Waals surface area contributed by atoms with E-state index in [1.165, 1.54) is 0 Å². The maximum atomic E-state index is 13.5. The van der Waals surface area contributed by atoms with Crippen LogP contribution in [0.1, 0.15) is 40.9 Å². The summed E-state index contributed by atoms with van der Waals surface area (Å²) in [4.78, 5) is 28.7. The van der Waals surface area contributed by atoms with Gasteiger partial charge in [0.2, 0.25) is 5.91 Å². The molecule has 1 heterocycles. The monoisotopic (exact) mass is 462 g/mol. The van der Waals surface area contributed by atoms with Crippen LogP contribution in [0.25, 0.3) is 0 Å². The minimum atomic E-state index is -1.03. The summed E-state index contributed by atoms with van der Waals surface area (Å²) >= 11 is 5.97. The Morgan fingerprint density at radius 2 is 1.70 bits per heavy atom. The molecule has 0 aliphatic carbocycles. The standard InChI is InChI=1S/C27H27ClN2O3/c1-3-33-23-14-10-20(11-15-23)18-30-25(31)24-7-5-4-6-21(24)16-27(30,2)26(32)29-17-19-8-12-22(28)13-9-19/h4-15H,3,16-18H2,1-2H3,(H,29,32). The van der Waals surface area contributed by atoms with E-state index in [1.54, 1.807) is 17.0 Å². The third-order valence-electron chi connectivity index (χ3n) is 6.05. The van der Waals surface area contributed by atoms with Crippen molar-refractivity contribution in [2.45, 2.75) is 38.9 Å². The van der Waals surface area contributed by atoms with E-state index < -0.39 is 5.54 Å². The summed E-state index contributed by atoms with van der Waals surface area (Å²) in [5.41, 5.74) is 2.37. The number of carbonyl (C=O) groups excluding carboxylic acids is 2. The molecule has 1 unspecified atom stereocenters. The topological polar surface area (TPSA) is 58.6 Å². The van der Waals surface area contributed by atoms with Crippen LogP contribution in [0.15, 0.2) is 72.8 Å². The van der Waals surface area contributed by atoms with E-state index in [-0.39, 0.29) is 11.8 Å². The van der Waals surface area contributed by atoms with Crippen LogP contribution in [0, 0.1) is 0 Å². The Labute approximate surface area is 199 Å². The molecule has 6 heteroatoms. The molecule has 1 N–H and O–H groups in total. The number of ether oxygens (including phenoxy) is 1. The molecule has 0 saturated heterocycles. The van der Waals surface area contributed by atoms with Crippen molar-refractivity contribution in [2.24, 2.45) is 0 Å². The second-order valence-electron chi connectivity index (χ2n) is 8.39. The third-order valence-corrected chi connectivity index (χ3v) is 6.31. The molecule has 0 fully saturated rings. The van der Waals surface area contributed by atoms with Crippen LogP contribution < -0.4 is 10.1 Å². The number of halogens is 1. The Kier molecular flexibility index (Phi) is 6.70. The van der Waals surface area contributed by atoms with Gasteiger partial charge >= 0.3 is 0 Å². The fourth-order valence-electron chi connectivity index (χ4n) is 4.18. The highest BCUT2D eigenvalue weighted by molar-refractivity contribution is 6.30. The second-order valence-corrected chi connectivity index (χ2v) is 8.82. The van der Waals surface area contributed by atoms with Gasteiger partial charge in [-0.15, -0.1) is 0 Å². The number of rotatable bonds is 7. The van der Waals surface area contributed by atoms with Crippen LogP contribution in [-0.4, -0.2) is 28.9 Å². The van der Waals surface area contributed by atoms with Gasteiger partial charge in [-0.25, -0.2) is 0 Å². The highest BCUT2D eigenvalue weighted by atomic mass is 35.5. The fourth-order valence-corrected chi connectivity index (χ4v) is 4.31. The molecule has 2 amide bonds. The zero-order valence-electron chi connectivity index (χ0n) is 18.8. The number of amides is 2. The Morgan fingerprint density at radius 3 is 2.39 bits per heavy atom. The molecule has 0 aromatic heterocycles. The first kappa shape index (κ1) is 22.9. The Morgan fingerprint density at radius 1 is 1.03 bits per heavy atom. The zero-order chi connectivity index (χ0) is 23.4. The summed E-state index contributed by atoms with van der Waals surface area (Å²) in [7, 11) is 0. The van der Waals surface area contributed by atoms with Crippen LogP contribution in [0.2, 0.25) is 5.02 Å². The summed E-state index contributed by atoms with van der Waals surface area (Å²) in [6.45, 7) is 5.05. The smallest absolute Gasteiger partial charge is 0.255 e. The molecule has 0 bridgehead atoms. The summed E-state index contributed by atoms with van der Waals surface area (Å²) in [6.07, 6.45) is 0.443. The lowest BCUT2D eigenvalue weighted by Crippen LogP contribution is -2.62. The van der Waals surface area contributed by atoms with E-state index in [9.17, 15) is 9.59 Å². The number of hydrogen-bond acceptors (Lipinski definition) is 3. The Bertz CT molecular complexity index is 1140. The zero-order valence-corrected chi connectivity index (χ0v) is 19.6. The molecular weight excluding hydrogens is 436 g/mol. The van der Waals surface area contributed by atoms with Crippen molar-refractivity contribution in [3.8, 4) is 5.75 Å². The lowest BCUT2D eigenvalue weighted by atomic mass is 9.82. The molecule has 4 rings (SSSR count). The molecule has 0 spiro atoms. The van der Waals surface area contributed by atoms with Crippen LogP contribution >= 0.6 is 11.6 Å². The molecule has 1 atom stereocenters. The lowest BCUT2D eigenvalue weighted by molar-refractivity contribution is -0.132. The number of benzene rings is 3. The van der Waals surface area contributed by atoms with Crippen LogP contribution in [0.5, 0.6) is 5.75 Å². The van der Waals surface area contributed by atoms with Gasteiger partial charge in [0.05, 0.1) is 6.61 Å². The van der Waals surface area contributed by atoms with E-state index in [1.807, 2.05) is 74.5 Å². The summed E-state index contributed by atoms with van der Waals surface area (Å²) in [5.74, 6) is 0.446. The molecule has 170 valence electrons. The van der Waals surface area contributed by atoms with Gasteiger partial charge in [0.15, 0.2) is 0 Å². The normalized spacial score (nSPS) is 17.4. The quantitative estimate of drug-likeness (QED) is 0.536. The van der Waals surface area contributed by atoms with Crippen LogP contribution in [0.3, 0.4) is 0 Å². The van der Waals surface area contributed by atoms with E-state index in [2.05, 4.69) is 5.32 Å². The average Bonchev–Trinajstić information content (AvgIpc) is 2.82. The molecular formula is C27H27ClN2O3. The van der Waals surface area contributed by atoms with E-state index in [4.69, 9.17) is 16.3 Å². The van der Waals surface area contributed by atoms with Crippen molar-refractivity contribution >= 4 is 23.4 Å². The maximum Gasteiger partial charge on any atom is 0.255 e. The predicted octanol–water partition coefficient (Wildman–Crippen LogP) is 5.01. The van der Waals surface area contributed by atoms with Gasteiger partial charge in [0.1, 0.15) is 11.3 Å². The Balaban J connectivity index is 1.61. The first-order valence-corrected chi connectivity index (χ1v) is 11.4. The maximum absolute atomic E-state index is 13.5. The number of hydrogen-bond donors (Lipinski definition) is 1. The minimum absolute atomic E-state index is 0.144. The van der Waals surface area contributed by atoms with E-state index in [0.29, 0.717) is 36.7 Å². The van der Waals surface area contributed by atoms with Crippen molar-refractivity contribution < 1.29 is 14.3 Å². The highest BCUT2D eigenvalue weighted by Crippen LogP contribution is 2.33. The van der Waals surface area contributed by atoms with Crippen molar-refractivity contribution in [3.05, 3.63) is 100 Å². The molecule has 1 aliphatic rings. The molecule has 3 aromatic carbocycles. The van der Waals surface area contributed by atoms with Crippen molar-refractivity contribution in [1.29, 1.82) is 0 Å². The number of nitrogens with zero attached hydrogens (tertiary/aromatic N) is 1. The SMILES string of the molecule is CCOc1ccc(CN2C(=O)c3ccccc3CC2(C)C(=O)NCc2ccc(Cl)cc2)cc1. The van der Waals surface area contributed by atoms with Gasteiger partial charge in [0.25, 0.3) is 5.91 Å². The van der Waals surface area contributed by atoms with Gasteiger partial charge in [-0.3, -0.25) is 9.59 Å². The molecule has 5 nitrogen and oxygen atoms in total. The van der Waals surface area contributed by atoms with Crippen molar-refractivity contribution in [3.63, 3.8) is 0 Å². The van der Waals surface area contributed by atoms with Crippen molar-refractivity contribution in [1.82, 2.24) is 10.2 Å². The summed E-state index contributed by atoms with van der Waals surface area (Å²) < 4.78 is 5.53. The highest BCUT2D eigenvalue weighted by Gasteiger charge is 2.46. The van der Waals surface area contributed by atoms with Gasteiger partial charge < -0.3 is 15.0 Å². The van der Waals surface area contributed by atoms with Gasteiger partial charge in [-0.05, 0) is 60.9 Å². The number of nitrogens with one attached hydrogen (secondary N) is 1. The third kappa shape index (κ3) is 4.88. The minimum Gasteiger partial charge on any atom is -0.494 e. The second kappa shape index (κ2) is 9.67. The van der Waals surface area contributed by atoms with Gasteiger partial charge in [-0.2, -0.15) is 0 Å². The van der Waals surface area contributed by atoms with E-state index >= 15 is 0 Å². The predicted molar refractivity (Wildman–Crippen MR) is 129 cm³/mol. The first-order valence-electron chi connectivity index (χ1n) is 11.0. The molecule has 3 aromatic rings. The van der Waals surface area contributed by atoms with Crippen molar-refractivity contribution in [2.75, 3.05) is 6.61 Å². The molecule has 1 aliphatic heterocycles. The van der Waals surface area contributed by atoms with Gasteiger partial charge in [-0.1, -0.05) is 54.1 Å². The lowest BCUT2D eigenvalue weighted by Gasteiger charge is -2.44. The van der Waals surface area contributed by atoms with Gasteiger partial charge in [0, 0.05) is 30.1 Å². The fraction of sp³-hybridized carbons (Fsp3) is 0.259. The Hall–Kier alpha value is -3.31. The number of fused-ring (bicyclic) bond motifs is 1. The first-order chi connectivity index (χ1) is 15.9. The average molecular weight is 463 g/mol. The van der Waals surface area contributed by atoms with Crippen LogP contribution in [0.4, 0.5) is 0 Å². The molecule has 0 saturated carbocycles.